The van der Waals surface area contributed by atoms with E-state index in [1.54, 1.807) is 6.07 Å². The van der Waals surface area contributed by atoms with Crippen LogP contribution in [-0.2, 0) is 11.0 Å². The molecule has 10 heteroatoms. The Hall–Kier alpha value is -3.53. The van der Waals surface area contributed by atoms with Crippen LogP contribution >= 0.6 is 12.2 Å². The number of methoxy groups -OCH3 is 2. The summed E-state index contributed by atoms with van der Waals surface area (Å²) in [6, 6.07) is 14.4. The van der Waals surface area contributed by atoms with Crippen molar-refractivity contribution in [2.75, 3.05) is 20.8 Å². The van der Waals surface area contributed by atoms with Crippen molar-refractivity contribution >= 4 is 33.9 Å². The van der Waals surface area contributed by atoms with Crippen molar-refractivity contribution in [2.45, 2.75) is 24.7 Å². The lowest BCUT2D eigenvalue weighted by molar-refractivity contribution is -0.141. The molecular formula is C25H22F3NO5S. The second-order valence-electron chi connectivity index (χ2n) is 8.05. The van der Waals surface area contributed by atoms with Gasteiger partial charge in [-0.2, -0.15) is 13.2 Å². The van der Waals surface area contributed by atoms with Crippen LogP contribution in [0.15, 0.2) is 54.6 Å². The third-order valence-corrected chi connectivity index (χ3v) is 6.33. The quantitative estimate of drug-likeness (QED) is 0.465. The number of hydrogen-bond donors (Lipinski definition) is 1. The number of fused-ring (bicyclic) bond motifs is 1. The molecule has 0 aliphatic carbocycles. The lowest BCUT2D eigenvalue weighted by Crippen LogP contribution is -2.40. The highest BCUT2D eigenvalue weighted by Crippen LogP contribution is 2.43. The van der Waals surface area contributed by atoms with Gasteiger partial charge in [0.2, 0.25) is 0 Å². The van der Waals surface area contributed by atoms with Crippen molar-refractivity contribution in [3.63, 3.8) is 0 Å². The third-order valence-electron chi connectivity index (χ3n) is 5.86. The van der Waals surface area contributed by atoms with E-state index in [9.17, 15) is 23.1 Å². The number of halogens is 3. The number of carbonyl (C=O) groups is 1. The molecule has 0 unspecified atom stereocenters. The Morgan fingerprint density at radius 3 is 2.40 bits per heavy atom. The summed E-state index contributed by atoms with van der Waals surface area (Å²) in [7, 11) is 2.33. The van der Waals surface area contributed by atoms with Crippen molar-refractivity contribution in [1.82, 2.24) is 4.90 Å². The fourth-order valence-electron chi connectivity index (χ4n) is 4.24. The van der Waals surface area contributed by atoms with Crippen molar-refractivity contribution < 1.29 is 37.3 Å². The second-order valence-corrected chi connectivity index (χ2v) is 8.44. The first-order valence-electron chi connectivity index (χ1n) is 10.6. The largest absolute Gasteiger partial charge is 0.493 e. The van der Waals surface area contributed by atoms with Crippen LogP contribution in [0.5, 0.6) is 17.2 Å². The summed E-state index contributed by atoms with van der Waals surface area (Å²) in [5.41, 5.74) is -1.06. The minimum atomic E-state index is -4.73. The molecule has 1 saturated heterocycles. The zero-order valence-electron chi connectivity index (χ0n) is 18.8. The number of hydrogen-bond acceptors (Lipinski definition) is 5. The Labute approximate surface area is 204 Å². The SMILES string of the molecule is COc1cc(C(=S)N2C[C@@H](Oc3ccc4ccccc4c3)C[C@@H]2C(=O)O)cc(C(F)(F)F)c1OC. The van der Waals surface area contributed by atoms with Crippen molar-refractivity contribution in [3.05, 3.63) is 65.7 Å². The molecule has 4 rings (SSSR count). The highest BCUT2D eigenvalue weighted by atomic mass is 32.1. The van der Waals surface area contributed by atoms with Gasteiger partial charge in [0.15, 0.2) is 11.5 Å². The molecule has 3 aromatic rings. The Kier molecular flexibility index (Phi) is 6.75. The molecule has 3 aromatic carbocycles. The molecule has 2 atom stereocenters. The molecule has 1 aliphatic heterocycles. The molecule has 1 aliphatic rings. The summed E-state index contributed by atoms with van der Waals surface area (Å²) in [4.78, 5) is 13.3. The average Bonchev–Trinajstić information content (AvgIpc) is 3.26. The summed E-state index contributed by atoms with van der Waals surface area (Å²) >= 11 is 5.47. The van der Waals surface area contributed by atoms with Crippen LogP contribution in [-0.4, -0.2) is 53.9 Å². The molecule has 0 amide bonds. The molecule has 1 N–H and O–H groups in total. The van der Waals surface area contributed by atoms with Gasteiger partial charge in [0.05, 0.1) is 20.8 Å². The van der Waals surface area contributed by atoms with Gasteiger partial charge in [-0.05, 0) is 35.0 Å². The maximum Gasteiger partial charge on any atom is 0.420 e. The first-order chi connectivity index (χ1) is 16.6. The van der Waals surface area contributed by atoms with Crippen molar-refractivity contribution in [1.29, 1.82) is 0 Å². The lowest BCUT2D eigenvalue weighted by Gasteiger charge is -2.25. The monoisotopic (exact) mass is 505 g/mol. The molecule has 0 spiro atoms. The van der Waals surface area contributed by atoms with Crippen LogP contribution in [0.25, 0.3) is 10.8 Å². The summed E-state index contributed by atoms with van der Waals surface area (Å²) in [6.07, 6.45) is -5.15. The summed E-state index contributed by atoms with van der Waals surface area (Å²) in [6.45, 7) is 0.0956. The predicted octanol–water partition coefficient (Wildman–Crippen LogP) is 5.16. The van der Waals surface area contributed by atoms with Crippen molar-refractivity contribution in [2.24, 2.45) is 0 Å². The zero-order chi connectivity index (χ0) is 25.3. The van der Waals surface area contributed by atoms with Crippen LogP contribution in [0.4, 0.5) is 13.2 Å². The van der Waals surface area contributed by atoms with Crippen LogP contribution < -0.4 is 14.2 Å². The maximum absolute atomic E-state index is 13.7. The number of alkyl halides is 3. The summed E-state index contributed by atoms with van der Waals surface area (Å²) < 4.78 is 57.1. The molecule has 35 heavy (non-hydrogen) atoms. The number of aliphatic carboxylic acids is 1. The number of rotatable bonds is 6. The van der Waals surface area contributed by atoms with E-state index < -0.39 is 35.6 Å². The maximum atomic E-state index is 13.7. The van der Waals surface area contributed by atoms with E-state index in [0.717, 1.165) is 23.9 Å². The van der Waals surface area contributed by atoms with Gasteiger partial charge in [-0.15, -0.1) is 0 Å². The van der Waals surface area contributed by atoms with Gasteiger partial charge in [-0.1, -0.05) is 42.5 Å². The minimum absolute atomic E-state index is 0.00239. The number of nitrogens with zero attached hydrogens (tertiary/aromatic N) is 1. The number of likely N-dealkylation sites (tertiary alicyclic amines) is 1. The van der Waals surface area contributed by atoms with Gasteiger partial charge in [0.1, 0.15) is 28.4 Å². The highest BCUT2D eigenvalue weighted by molar-refractivity contribution is 7.80. The van der Waals surface area contributed by atoms with Gasteiger partial charge < -0.3 is 24.2 Å². The average molecular weight is 506 g/mol. The third kappa shape index (κ3) is 4.97. The van der Waals surface area contributed by atoms with Gasteiger partial charge in [-0.3, -0.25) is 0 Å². The molecule has 1 fully saturated rings. The van der Waals surface area contributed by atoms with Crippen LogP contribution in [0.1, 0.15) is 17.5 Å². The van der Waals surface area contributed by atoms with Crippen molar-refractivity contribution in [3.8, 4) is 17.2 Å². The Balaban J connectivity index is 1.62. The number of ether oxygens (including phenoxy) is 3. The lowest BCUT2D eigenvalue weighted by atomic mass is 10.1. The van der Waals surface area contributed by atoms with Gasteiger partial charge in [-0.25, -0.2) is 4.79 Å². The van der Waals surface area contributed by atoms with E-state index in [-0.39, 0.29) is 29.3 Å². The molecule has 1 heterocycles. The van der Waals surface area contributed by atoms with Crippen LogP contribution in [0.2, 0.25) is 0 Å². The predicted molar refractivity (Wildman–Crippen MR) is 127 cm³/mol. The van der Waals surface area contributed by atoms with Gasteiger partial charge in [0, 0.05) is 12.0 Å². The van der Waals surface area contributed by atoms with E-state index in [0.29, 0.717) is 5.75 Å². The van der Waals surface area contributed by atoms with E-state index in [2.05, 4.69) is 0 Å². The van der Waals surface area contributed by atoms with Crippen LogP contribution in [0.3, 0.4) is 0 Å². The Morgan fingerprint density at radius 2 is 1.77 bits per heavy atom. The zero-order valence-corrected chi connectivity index (χ0v) is 19.7. The molecule has 6 nitrogen and oxygen atoms in total. The van der Waals surface area contributed by atoms with E-state index in [1.165, 1.54) is 18.1 Å². The van der Waals surface area contributed by atoms with E-state index in [4.69, 9.17) is 26.4 Å². The minimum Gasteiger partial charge on any atom is -0.493 e. The number of carboxylic acid groups (broad SMARTS) is 1. The van der Waals surface area contributed by atoms with Gasteiger partial charge in [0.25, 0.3) is 0 Å². The second kappa shape index (κ2) is 9.61. The first-order valence-corrected chi connectivity index (χ1v) is 11.1. The van der Waals surface area contributed by atoms with Gasteiger partial charge >= 0.3 is 12.1 Å². The standard InChI is InChI=1S/C25H22F3NO5S/c1-32-21-11-16(10-19(22(21)33-2)25(26,27)28)23(35)29-13-18(12-20(29)24(30)31)34-17-8-7-14-5-3-4-6-15(14)9-17/h3-11,18,20H,12-13H2,1-2H3,(H,30,31)/t18-,20+/m0/s1. The number of thiocarbonyl (C=S) groups is 1. The fraction of sp³-hybridized carbons (Fsp3) is 0.280. The molecular weight excluding hydrogens is 483 g/mol. The Bertz CT molecular complexity index is 1280. The smallest absolute Gasteiger partial charge is 0.420 e. The van der Waals surface area contributed by atoms with E-state index in [1.807, 2.05) is 36.4 Å². The van der Waals surface area contributed by atoms with Crippen LogP contribution in [0, 0.1) is 0 Å². The molecule has 0 radical (unpaired) electrons. The Morgan fingerprint density at radius 1 is 1.06 bits per heavy atom. The topological polar surface area (TPSA) is 68.2 Å². The first kappa shape index (κ1) is 24.6. The fourth-order valence-corrected chi connectivity index (χ4v) is 4.56. The molecule has 0 aromatic heterocycles. The molecule has 0 bridgehead atoms. The summed E-state index contributed by atoms with van der Waals surface area (Å²) in [5, 5.41) is 11.8. The summed E-state index contributed by atoms with van der Waals surface area (Å²) in [5.74, 6) is -1.21. The normalized spacial score (nSPS) is 17.9. The molecule has 184 valence electrons. The highest BCUT2D eigenvalue weighted by Gasteiger charge is 2.41. The van der Waals surface area contributed by atoms with E-state index >= 15 is 0 Å². The molecule has 0 saturated carbocycles. The number of carboxylic acids is 1. The number of benzene rings is 3.